The molecule has 0 unspecified atom stereocenters. The Bertz CT molecular complexity index is 732. The van der Waals surface area contributed by atoms with Crippen molar-refractivity contribution in [1.82, 2.24) is 4.57 Å². The van der Waals surface area contributed by atoms with Gasteiger partial charge in [0.25, 0.3) is 0 Å². The van der Waals surface area contributed by atoms with Gasteiger partial charge in [-0.2, -0.15) is 5.11 Å². The standard InChI is InChI=1S/C15H13N3O/c16-17-14-12-8-4-5-9-13(12)18(15(14)19)10-11-6-2-1-3-7-11/h1-9,16,19H,10H2. The van der Waals surface area contributed by atoms with Crippen LogP contribution in [-0.4, -0.2) is 9.67 Å². The van der Waals surface area contributed by atoms with Crippen molar-refractivity contribution in [3.05, 3.63) is 60.2 Å². The van der Waals surface area contributed by atoms with E-state index in [4.69, 9.17) is 5.53 Å². The molecule has 0 amide bonds. The average Bonchev–Trinajstić information content (AvgIpc) is 2.73. The van der Waals surface area contributed by atoms with Crippen molar-refractivity contribution in [3.8, 4) is 5.88 Å². The fraction of sp³-hybridized carbons (Fsp3) is 0.0667. The molecule has 2 aromatic carbocycles. The summed E-state index contributed by atoms with van der Waals surface area (Å²) in [7, 11) is 0. The molecule has 3 aromatic rings. The first-order valence-electron chi connectivity index (χ1n) is 6.03. The topological polar surface area (TPSA) is 61.4 Å². The Morgan fingerprint density at radius 3 is 2.42 bits per heavy atom. The van der Waals surface area contributed by atoms with Gasteiger partial charge in [0.2, 0.25) is 5.88 Å². The monoisotopic (exact) mass is 251 g/mol. The predicted octanol–water partition coefficient (Wildman–Crippen LogP) is 4.06. The number of hydrogen-bond acceptors (Lipinski definition) is 3. The highest BCUT2D eigenvalue weighted by molar-refractivity contribution is 5.94. The summed E-state index contributed by atoms with van der Waals surface area (Å²) in [5.41, 5.74) is 9.51. The molecule has 0 saturated carbocycles. The number of aromatic hydroxyl groups is 1. The summed E-state index contributed by atoms with van der Waals surface area (Å²) in [4.78, 5) is 0. The first-order chi connectivity index (χ1) is 9.31. The molecule has 4 heteroatoms. The smallest absolute Gasteiger partial charge is 0.221 e. The van der Waals surface area contributed by atoms with Gasteiger partial charge < -0.3 is 9.67 Å². The van der Waals surface area contributed by atoms with Crippen molar-refractivity contribution < 1.29 is 5.11 Å². The molecule has 1 heterocycles. The lowest BCUT2D eigenvalue weighted by molar-refractivity contribution is 0.429. The molecule has 2 N–H and O–H groups in total. The van der Waals surface area contributed by atoms with Crippen molar-refractivity contribution in [2.45, 2.75) is 6.54 Å². The van der Waals surface area contributed by atoms with Crippen LogP contribution in [0.5, 0.6) is 5.88 Å². The van der Waals surface area contributed by atoms with Crippen molar-refractivity contribution in [3.63, 3.8) is 0 Å². The number of aromatic nitrogens is 1. The van der Waals surface area contributed by atoms with Crippen molar-refractivity contribution >= 4 is 16.6 Å². The fourth-order valence-electron chi connectivity index (χ4n) is 2.31. The molecule has 0 fully saturated rings. The number of nitrogens with zero attached hydrogens (tertiary/aromatic N) is 2. The highest BCUT2D eigenvalue weighted by Crippen LogP contribution is 2.38. The predicted molar refractivity (Wildman–Crippen MR) is 74.0 cm³/mol. The number of para-hydroxylation sites is 1. The molecule has 0 atom stereocenters. The lowest BCUT2D eigenvalue weighted by atomic mass is 10.2. The van der Waals surface area contributed by atoms with Crippen LogP contribution >= 0.6 is 0 Å². The van der Waals surface area contributed by atoms with E-state index in [1.807, 2.05) is 54.6 Å². The maximum atomic E-state index is 10.2. The molecule has 0 bridgehead atoms. The van der Waals surface area contributed by atoms with E-state index in [-0.39, 0.29) is 5.88 Å². The lowest BCUT2D eigenvalue weighted by Crippen LogP contribution is -1.98. The van der Waals surface area contributed by atoms with Gasteiger partial charge >= 0.3 is 0 Å². The van der Waals surface area contributed by atoms with E-state index >= 15 is 0 Å². The van der Waals surface area contributed by atoms with Crippen LogP contribution in [0.1, 0.15) is 5.56 Å². The van der Waals surface area contributed by atoms with Crippen LogP contribution in [-0.2, 0) is 6.54 Å². The molecule has 19 heavy (non-hydrogen) atoms. The van der Waals surface area contributed by atoms with E-state index in [0.717, 1.165) is 16.5 Å². The molecule has 0 aliphatic rings. The van der Waals surface area contributed by atoms with E-state index in [9.17, 15) is 5.11 Å². The first-order valence-corrected chi connectivity index (χ1v) is 6.03. The van der Waals surface area contributed by atoms with Gasteiger partial charge in [0.05, 0.1) is 12.1 Å². The van der Waals surface area contributed by atoms with Gasteiger partial charge in [-0.25, -0.2) is 5.53 Å². The van der Waals surface area contributed by atoms with Crippen LogP contribution in [0.3, 0.4) is 0 Å². The Balaban J connectivity index is 2.18. The number of hydrogen-bond donors (Lipinski definition) is 2. The molecule has 0 aliphatic heterocycles. The van der Waals surface area contributed by atoms with Gasteiger partial charge in [0, 0.05) is 5.39 Å². The fourth-order valence-corrected chi connectivity index (χ4v) is 2.31. The maximum Gasteiger partial charge on any atom is 0.221 e. The number of fused-ring (bicyclic) bond motifs is 1. The van der Waals surface area contributed by atoms with Gasteiger partial charge in [0.15, 0.2) is 5.69 Å². The van der Waals surface area contributed by atoms with Gasteiger partial charge in [0.1, 0.15) is 0 Å². The van der Waals surface area contributed by atoms with Gasteiger partial charge in [-0.3, -0.25) is 0 Å². The Labute approximate surface area is 110 Å². The van der Waals surface area contributed by atoms with Gasteiger partial charge in [-0.15, -0.1) is 0 Å². The Morgan fingerprint density at radius 1 is 1.00 bits per heavy atom. The second kappa shape index (κ2) is 4.57. The summed E-state index contributed by atoms with van der Waals surface area (Å²) in [6.07, 6.45) is 0. The minimum atomic E-state index is 0.0417. The van der Waals surface area contributed by atoms with E-state index in [1.165, 1.54) is 0 Å². The third-order valence-corrected chi connectivity index (χ3v) is 3.21. The van der Waals surface area contributed by atoms with E-state index in [1.54, 1.807) is 4.57 Å². The second-order valence-electron chi connectivity index (χ2n) is 4.37. The molecule has 4 nitrogen and oxygen atoms in total. The van der Waals surface area contributed by atoms with Gasteiger partial charge in [-0.05, 0) is 11.6 Å². The minimum absolute atomic E-state index is 0.0417. The summed E-state index contributed by atoms with van der Waals surface area (Å²) >= 11 is 0. The molecule has 3 rings (SSSR count). The molecular weight excluding hydrogens is 238 g/mol. The summed E-state index contributed by atoms with van der Waals surface area (Å²) in [6, 6.07) is 17.5. The molecule has 0 radical (unpaired) electrons. The van der Waals surface area contributed by atoms with Crippen molar-refractivity contribution in [1.29, 1.82) is 5.53 Å². The largest absolute Gasteiger partial charge is 0.493 e. The van der Waals surface area contributed by atoms with Crippen LogP contribution in [0.2, 0.25) is 0 Å². The summed E-state index contributed by atoms with van der Waals surface area (Å²) in [5.74, 6) is 0.0417. The van der Waals surface area contributed by atoms with Crippen LogP contribution in [0, 0.1) is 5.53 Å². The average molecular weight is 251 g/mol. The lowest BCUT2D eigenvalue weighted by Gasteiger charge is -2.06. The van der Waals surface area contributed by atoms with Crippen LogP contribution in [0.4, 0.5) is 5.69 Å². The van der Waals surface area contributed by atoms with E-state index in [0.29, 0.717) is 12.2 Å². The number of benzene rings is 2. The molecule has 1 aromatic heterocycles. The third kappa shape index (κ3) is 1.87. The summed E-state index contributed by atoms with van der Waals surface area (Å²) in [5, 5.41) is 14.5. The number of nitrogens with one attached hydrogen (secondary N) is 1. The van der Waals surface area contributed by atoms with Crippen LogP contribution < -0.4 is 0 Å². The SMILES string of the molecule is N=Nc1c(O)n(Cc2ccccc2)c2ccccc12. The molecule has 94 valence electrons. The molecule has 0 aliphatic carbocycles. The summed E-state index contributed by atoms with van der Waals surface area (Å²) < 4.78 is 1.78. The Morgan fingerprint density at radius 2 is 1.68 bits per heavy atom. The van der Waals surface area contributed by atoms with Crippen molar-refractivity contribution in [2.75, 3.05) is 0 Å². The number of rotatable bonds is 3. The first kappa shape index (κ1) is 11.5. The zero-order valence-electron chi connectivity index (χ0n) is 10.2. The van der Waals surface area contributed by atoms with E-state index in [2.05, 4.69) is 5.11 Å². The Hall–Kier alpha value is -2.62. The van der Waals surface area contributed by atoms with E-state index < -0.39 is 0 Å². The third-order valence-electron chi connectivity index (χ3n) is 3.21. The minimum Gasteiger partial charge on any atom is -0.493 e. The maximum absolute atomic E-state index is 10.2. The summed E-state index contributed by atoms with van der Waals surface area (Å²) in [6.45, 7) is 0.558. The zero-order valence-corrected chi connectivity index (χ0v) is 10.2. The molecule has 0 saturated heterocycles. The van der Waals surface area contributed by atoms with Gasteiger partial charge in [-0.1, -0.05) is 48.5 Å². The highest BCUT2D eigenvalue weighted by Gasteiger charge is 2.15. The van der Waals surface area contributed by atoms with Crippen molar-refractivity contribution in [2.24, 2.45) is 5.11 Å². The van der Waals surface area contributed by atoms with Crippen LogP contribution in [0.15, 0.2) is 59.7 Å². The molecule has 0 spiro atoms. The van der Waals surface area contributed by atoms with Crippen LogP contribution in [0.25, 0.3) is 10.9 Å². The second-order valence-corrected chi connectivity index (χ2v) is 4.37. The zero-order chi connectivity index (χ0) is 13.2. The Kier molecular flexibility index (Phi) is 2.76. The normalized spacial score (nSPS) is 10.7. The molecular formula is C15H13N3O. The quantitative estimate of drug-likeness (QED) is 0.677. The highest BCUT2D eigenvalue weighted by atomic mass is 16.3.